The van der Waals surface area contributed by atoms with Gasteiger partial charge in [0.15, 0.2) is 0 Å². The van der Waals surface area contributed by atoms with Crippen molar-refractivity contribution in [3.63, 3.8) is 0 Å². The molecule has 174 valence electrons. The van der Waals surface area contributed by atoms with Crippen molar-refractivity contribution >= 4 is 51.5 Å². The number of benzene rings is 4. The molecular weight excluding hydrogens is 503 g/mol. The highest BCUT2D eigenvalue weighted by Gasteiger charge is 2.24. The highest BCUT2D eigenvalue weighted by molar-refractivity contribution is 6.34. The van der Waals surface area contributed by atoms with Crippen LogP contribution in [0.3, 0.4) is 0 Å². The maximum atomic E-state index is 12.2. The molecule has 0 radical (unpaired) electrons. The first-order chi connectivity index (χ1) is 16.9. The van der Waals surface area contributed by atoms with Crippen molar-refractivity contribution in [2.24, 2.45) is 0 Å². The van der Waals surface area contributed by atoms with Crippen molar-refractivity contribution in [3.05, 3.63) is 117 Å². The van der Waals surface area contributed by atoms with Crippen LogP contribution in [0.4, 0.5) is 0 Å². The molecule has 0 amide bonds. The fraction of sp³-hybridized carbons (Fsp3) is 0.0714. The van der Waals surface area contributed by atoms with E-state index in [9.17, 15) is 9.90 Å². The molecule has 1 atom stereocenters. The number of hydrogen-bond acceptors (Lipinski definition) is 2. The van der Waals surface area contributed by atoms with Crippen LogP contribution in [-0.2, 0) is 11.2 Å². The van der Waals surface area contributed by atoms with E-state index >= 15 is 0 Å². The van der Waals surface area contributed by atoms with Gasteiger partial charge in [0.2, 0.25) is 0 Å². The molecule has 1 aromatic heterocycles. The Kier molecular flexibility index (Phi) is 6.52. The molecule has 0 aliphatic carbocycles. The lowest BCUT2D eigenvalue weighted by Gasteiger charge is -2.12. The van der Waals surface area contributed by atoms with Crippen LogP contribution in [0.5, 0.6) is 0 Å². The van der Waals surface area contributed by atoms with Gasteiger partial charge in [0.1, 0.15) is 0 Å². The molecule has 0 aliphatic heterocycles. The first-order valence-electron chi connectivity index (χ1n) is 10.9. The minimum absolute atomic E-state index is 0.182. The van der Waals surface area contributed by atoms with Crippen LogP contribution in [0.2, 0.25) is 15.1 Å². The molecule has 1 unspecified atom stereocenters. The van der Waals surface area contributed by atoms with Gasteiger partial charge < -0.3 is 5.11 Å². The van der Waals surface area contributed by atoms with Gasteiger partial charge in [-0.15, -0.1) is 0 Å². The van der Waals surface area contributed by atoms with Gasteiger partial charge in [0, 0.05) is 22.0 Å². The third-order valence-corrected chi connectivity index (χ3v) is 6.69. The van der Waals surface area contributed by atoms with Crippen LogP contribution in [0.1, 0.15) is 17.2 Å². The summed E-state index contributed by atoms with van der Waals surface area (Å²) in [6.45, 7) is 0. The summed E-state index contributed by atoms with van der Waals surface area (Å²) in [7, 11) is 0. The summed E-state index contributed by atoms with van der Waals surface area (Å²) in [5.41, 5.74) is 3.55. The Bertz CT molecular complexity index is 1560. The predicted octanol–water partition coefficient (Wildman–Crippen LogP) is 8.06. The average molecular weight is 522 g/mol. The second-order valence-electron chi connectivity index (χ2n) is 8.24. The van der Waals surface area contributed by atoms with E-state index < -0.39 is 11.9 Å². The summed E-state index contributed by atoms with van der Waals surface area (Å²) in [6.07, 6.45) is 0.182. The van der Waals surface area contributed by atoms with Crippen LogP contribution in [0.25, 0.3) is 27.7 Å². The molecular formula is C28H19Cl3N2O2. The number of rotatable bonds is 6. The number of carbonyl (C=O) groups is 1. The maximum Gasteiger partial charge on any atom is 0.311 e. The fourth-order valence-electron chi connectivity index (χ4n) is 4.20. The van der Waals surface area contributed by atoms with Gasteiger partial charge in [-0.3, -0.25) is 4.79 Å². The molecule has 0 fully saturated rings. The lowest BCUT2D eigenvalue weighted by Crippen LogP contribution is -2.15. The maximum absolute atomic E-state index is 12.2. The summed E-state index contributed by atoms with van der Waals surface area (Å²) in [5.74, 6) is -1.76. The van der Waals surface area contributed by atoms with E-state index in [0.29, 0.717) is 32.0 Å². The van der Waals surface area contributed by atoms with Gasteiger partial charge in [-0.1, -0.05) is 83.3 Å². The Balaban J connectivity index is 1.64. The van der Waals surface area contributed by atoms with E-state index in [2.05, 4.69) is 12.1 Å². The van der Waals surface area contributed by atoms with E-state index in [0.717, 1.165) is 22.0 Å². The molecule has 35 heavy (non-hydrogen) atoms. The number of fused-ring (bicyclic) bond motifs is 1. The van der Waals surface area contributed by atoms with Crippen molar-refractivity contribution in [2.75, 3.05) is 0 Å². The summed E-state index contributed by atoms with van der Waals surface area (Å²) < 4.78 is 1.73. The Morgan fingerprint density at radius 2 is 1.60 bits per heavy atom. The molecule has 4 aromatic carbocycles. The topological polar surface area (TPSA) is 55.1 Å². The molecule has 0 aliphatic rings. The summed E-state index contributed by atoms with van der Waals surface area (Å²) in [6, 6.07) is 28.2. The van der Waals surface area contributed by atoms with E-state index in [1.807, 2.05) is 36.4 Å². The van der Waals surface area contributed by atoms with Crippen LogP contribution in [0, 0.1) is 0 Å². The monoisotopic (exact) mass is 520 g/mol. The largest absolute Gasteiger partial charge is 0.481 e. The third-order valence-electron chi connectivity index (χ3n) is 5.90. The quantitative estimate of drug-likeness (QED) is 0.246. The van der Waals surface area contributed by atoms with Crippen molar-refractivity contribution in [2.45, 2.75) is 12.3 Å². The van der Waals surface area contributed by atoms with E-state index in [1.165, 1.54) is 0 Å². The van der Waals surface area contributed by atoms with Crippen LogP contribution >= 0.6 is 34.8 Å². The van der Waals surface area contributed by atoms with Crippen LogP contribution in [0.15, 0.2) is 91.0 Å². The second-order valence-corrected chi connectivity index (χ2v) is 9.52. The Morgan fingerprint density at radius 1 is 0.829 bits per heavy atom. The molecule has 0 bridgehead atoms. The van der Waals surface area contributed by atoms with Gasteiger partial charge >= 0.3 is 5.97 Å². The zero-order chi connectivity index (χ0) is 24.5. The van der Waals surface area contributed by atoms with Gasteiger partial charge in [0.25, 0.3) is 0 Å². The number of hydrogen-bond donors (Lipinski definition) is 1. The molecule has 5 aromatic rings. The van der Waals surface area contributed by atoms with Gasteiger partial charge in [-0.2, -0.15) is 5.10 Å². The molecule has 0 saturated heterocycles. The SMILES string of the molecule is O=C(O)C(Cc1cc(-c2ccc3ccccc3c2)n(-c2cc(Cl)ccc2Cl)n1)c1cccc(Cl)c1. The number of carboxylic acid groups (broad SMARTS) is 1. The van der Waals surface area contributed by atoms with Crippen LogP contribution < -0.4 is 0 Å². The predicted molar refractivity (Wildman–Crippen MR) is 142 cm³/mol. The number of nitrogens with zero attached hydrogens (tertiary/aromatic N) is 2. The molecule has 5 rings (SSSR count). The summed E-state index contributed by atoms with van der Waals surface area (Å²) in [5, 5.41) is 18.5. The number of aliphatic carboxylic acids is 1. The van der Waals surface area contributed by atoms with Crippen molar-refractivity contribution in [1.82, 2.24) is 9.78 Å². The molecule has 1 heterocycles. The Morgan fingerprint density at radius 3 is 2.37 bits per heavy atom. The van der Waals surface area contributed by atoms with Crippen LogP contribution in [-0.4, -0.2) is 20.9 Å². The first-order valence-corrected chi connectivity index (χ1v) is 12.0. The zero-order valence-electron chi connectivity index (χ0n) is 18.3. The number of halogens is 3. The van der Waals surface area contributed by atoms with Crippen molar-refractivity contribution < 1.29 is 9.90 Å². The molecule has 7 heteroatoms. The lowest BCUT2D eigenvalue weighted by atomic mass is 9.94. The van der Waals surface area contributed by atoms with Crippen molar-refractivity contribution in [3.8, 4) is 16.9 Å². The van der Waals surface area contributed by atoms with Gasteiger partial charge in [0.05, 0.1) is 28.0 Å². The molecule has 0 saturated carbocycles. The minimum atomic E-state index is -0.949. The first kappa shape index (κ1) is 23.4. The van der Waals surface area contributed by atoms with E-state index in [4.69, 9.17) is 39.9 Å². The van der Waals surface area contributed by atoms with Crippen molar-refractivity contribution in [1.29, 1.82) is 0 Å². The summed E-state index contributed by atoms with van der Waals surface area (Å²) in [4.78, 5) is 12.2. The standard InChI is InChI=1S/C28H19Cl3N2O2/c29-21-7-3-6-19(13-21)24(28(34)35)15-23-16-26(20-9-8-17-4-1-2-5-18(17)12-20)33(32-23)27-14-22(30)10-11-25(27)31/h1-14,16,24H,15H2,(H,34,35). The Hall–Kier alpha value is -3.31. The van der Waals surface area contributed by atoms with Gasteiger partial charge in [-0.25, -0.2) is 4.68 Å². The van der Waals surface area contributed by atoms with E-state index in [1.54, 1.807) is 47.1 Å². The fourth-order valence-corrected chi connectivity index (χ4v) is 4.76. The molecule has 4 nitrogen and oxygen atoms in total. The highest BCUT2D eigenvalue weighted by atomic mass is 35.5. The third kappa shape index (κ3) is 4.92. The smallest absolute Gasteiger partial charge is 0.311 e. The zero-order valence-corrected chi connectivity index (χ0v) is 20.6. The highest BCUT2D eigenvalue weighted by Crippen LogP contribution is 2.33. The number of aromatic nitrogens is 2. The lowest BCUT2D eigenvalue weighted by molar-refractivity contribution is -0.138. The van der Waals surface area contributed by atoms with Gasteiger partial charge in [-0.05, 0) is 58.8 Å². The minimum Gasteiger partial charge on any atom is -0.481 e. The molecule has 0 spiro atoms. The average Bonchev–Trinajstić information content (AvgIpc) is 3.27. The van der Waals surface area contributed by atoms with E-state index in [-0.39, 0.29) is 6.42 Å². The molecule has 1 N–H and O–H groups in total. The summed E-state index contributed by atoms with van der Waals surface area (Å²) >= 11 is 18.9. The Labute approximate surface area is 217 Å². The second kappa shape index (κ2) is 9.74. The number of carboxylic acids is 1. The normalized spacial score (nSPS) is 12.1.